The van der Waals surface area contributed by atoms with E-state index in [2.05, 4.69) is 10.1 Å². The van der Waals surface area contributed by atoms with Crippen LogP contribution >= 0.6 is 11.3 Å². The summed E-state index contributed by atoms with van der Waals surface area (Å²) >= 11 is 0.981. The number of oxime groups is 1. The summed E-state index contributed by atoms with van der Waals surface area (Å²) in [6.07, 6.45) is 0. The molecule has 0 radical (unpaired) electrons. The van der Waals surface area contributed by atoms with Gasteiger partial charge < -0.3 is 9.57 Å². The van der Waals surface area contributed by atoms with Gasteiger partial charge in [0.1, 0.15) is 41.1 Å². The minimum Gasteiger partial charge on any atom is -0.423 e. The fourth-order valence-corrected chi connectivity index (χ4v) is 2.97. The second-order valence-electron chi connectivity index (χ2n) is 6.95. The highest BCUT2D eigenvalue weighted by atomic mass is 32.1. The fraction of sp³-hybridized carbons (Fsp3) is 0.300. The maximum Gasteiger partial charge on any atom is 0.316 e. The highest BCUT2D eigenvalue weighted by molar-refractivity contribution is 7.11. The highest BCUT2D eigenvalue weighted by Crippen LogP contribution is 2.32. The van der Waals surface area contributed by atoms with Crippen LogP contribution in [0, 0.1) is 28.4 Å². The predicted octanol–water partition coefficient (Wildman–Crippen LogP) is 4.93. The summed E-state index contributed by atoms with van der Waals surface area (Å²) in [6, 6.07) is 5.41. The van der Waals surface area contributed by atoms with Crippen LogP contribution in [-0.4, -0.2) is 23.8 Å². The fourth-order valence-electron chi connectivity index (χ4n) is 2.17. The number of hydrogen-bond acceptors (Lipinski definition) is 7. The zero-order valence-electron chi connectivity index (χ0n) is 16.5. The first kappa shape index (κ1) is 22.2. The van der Waals surface area contributed by atoms with Gasteiger partial charge in [0.15, 0.2) is 5.76 Å². The number of hydrogen-bond donors (Lipinski definition) is 0. The molecule has 0 bridgehead atoms. The summed E-state index contributed by atoms with van der Waals surface area (Å²) in [5.41, 5.74) is -1.09. The molecule has 9 heteroatoms. The molecule has 1 aromatic heterocycles. The largest absolute Gasteiger partial charge is 0.423 e. The lowest BCUT2D eigenvalue weighted by atomic mass is 9.97. The maximum absolute atomic E-state index is 14.1. The number of benzene rings is 1. The highest BCUT2D eigenvalue weighted by Gasteiger charge is 2.28. The lowest BCUT2D eigenvalue weighted by molar-refractivity contribution is -0.147. The van der Waals surface area contributed by atoms with E-state index in [1.54, 1.807) is 20.8 Å². The first-order valence-corrected chi connectivity index (χ1v) is 9.33. The van der Waals surface area contributed by atoms with E-state index in [1.165, 1.54) is 25.5 Å². The van der Waals surface area contributed by atoms with Gasteiger partial charge in [-0.25, -0.2) is 13.8 Å². The number of ether oxygens (including phenoxy) is 1. The molecule has 0 atom stereocenters. The number of thiazole rings is 1. The molecule has 0 aliphatic rings. The number of esters is 1. The molecule has 0 N–H and O–H groups in total. The quantitative estimate of drug-likeness (QED) is 0.225. The van der Waals surface area contributed by atoms with E-state index >= 15 is 0 Å². The Morgan fingerprint density at radius 3 is 2.41 bits per heavy atom. The SMILES string of the molecule is CO/N=C(C)/C(OC(=O)C(C)(C)C)=C(\C#N)c1nc(-c2c(F)cccc2F)cs1. The average Bonchev–Trinajstić information content (AvgIpc) is 3.10. The number of rotatable bonds is 5. The molecule has 152 valence electrons. The van der Waals surface area contributed by atoms with Crippen LogP contribution in [0.5, 0.6) is 0 Å². The van der Waals surface area contributed by atoms with Crippen molar-refractivity contribution in [3.8, 4) is 17.3 Å². The minimum absolute atomic E-state index is 0.0242. The number of carbonyl (C=O) groups is 1. The molecular formula is C20H19F2N3O3S. The van der Waals surface area contributed by atoms with E-state index in [1.807, 2.05) is 6.07 Å². The Morgan fingerprint density at radius 1 is 1.28 bits per heavy atom. The van der Waals surface area contributed by atoms with Crippen LogP contribution in [0.1, 0.15) is 32.7 Å². The summed E-state index contributed by atoms with van der Waals surface area (Å²) in [7, 11) is 1.31. The van der Waals surface area contributed by atoms with Gasteiger partial charge in [-0.2, -0.15) is 5.26 Å². The molecule has 6 nitrogen and oxygen atoms in total. The van der Waals surface area contributed by atoms with Crippen molar-refractivity contribution in [2.24, 2.45) is 10.6 Å². The van der Waals surface area contributed by atoms with Gasteiger partial charge in [0.25, 0.3) is 0 Å². The number of carbonyl (C=O) groups excluding carboxylic acids is 1. The van der Waals surface area contributed by atoms with Gasteiger partial charge in [-0.15, -0.1) is 11.3 Å². The topological polar surface area (TPSA) is 84.6 Å². The Hall–Kier alpha value is -3.12. The number of allylic oxidation sites excluding steroid dienone is 2. The molecule has 0 fully saturated rings. The predicted molar refractivity (Wildman–Crippen MR) is 106 cm³/mol. The molecule has 0 aliphatic carbocycles. The van der Waals surface area contributed by atoms with Crippen molar-refractivity contribution in [3.05, 3.63) is 46.0 Å². The van der Waals surface area contributed by atoms with Crippen molar-refractivity contribution in [2.45, 2.75) is 27.7 Å². The molecule has 0 saturated heterocycles. The summed E-state index contributed by atoms with van der Waals surface area (Å²) in [5.74, 6) is -2.28. The van der Waals surface area contributed by atoms with Gasteiger partial charge in [0.2, 0.25) is 0 Å². The number of nitriles is 1. The van der Waals surface area contributed by atoms with Crippen molar-refractivity contribution in [1.82, 2.24) is 4.98 Å². The number of nitrogens with zero attached hydrogens (tertiary/aromatic N) is 3. The van der Waals surface area contributed by atoms with Crippen LogP contribution in [0.25, 0.3) is 16.8 Å². The third-order valence-electron chi connectivity index (χ3n) is 3.64. The average molecular weight is 419 g/mol. The Balaban J connectivity index is 2.61. The number of aromatic nitrogens is 1. The zero-order chi connectivity index (χ0) is 21.8. The van der Waals surface area contributed by atoms with E-state index in [4.69, 9.17) is 9.57 Å². The third kappa shape index (κ3) is 5.03. The van der Waals surface area contributed by atoms with Gasteiger partial charge >= 0.3 is 5.97 Å². The Morgan fingerprint density at radius 2 is 1.90 bits per heavy atom. The molecule has 0 spiro atoms. The second kappa shape index (κ2) is 8.92. The first-order chi connectivity index (χ1) is 13.6. The molecule has 0 aliphatic heterocycles. The van der Waals surface area contributed by atoms with Crippen LogP contribution < -0.4 is 0 Å². The zero-order valence-corrected chi connectivity index (χ0v) is 17.4. The smallest absolute Gasteiger partial charge is 0.316 e. The van der Waals surface area contributed by atoms with Gasteiger partial charge in [-0.1, -0.05) is 11.2 Å². The number of halogens is 2. The van der Waals surface area contributed by atoms with Crippen LogP contribution in [0.3, 0.4) is 0 Å². The van der Waals surface area contributed by atoms with E-state index in [9.17, 15) is 18.8 Å². The molecule has 2 aromatic rings. The lowest BCUT2D eigenvalue weighted by Crippen LogP contribution is -2.24. The molecule has 0 unspecified atom stereocenters. The molecule has 2 rings (SSSR count). The Kier molecular flexibility index (Phi) is 6.82. The minimum atomic E-state index is -0.844. The third-order valence-corrected chi connectivity index (χ3v) is 4.50. The first-order valence-electron chi connectivity index (χ1n) is 8.45. The monoisotopic (exact) mass is 419 g/mol. The summed E-state index contributed by atoms with van der Waals surface area (Å²) in [5, 5.41) is 15.0. The van der Waals surface area contributed by atoms with E-state index in [-0.39, 0.29) is 33.3 Å². The van der Waals surface area contributed by atoms with Crippen molar-refractivity contribution in [2.75, 3.05) is 7.11 Å². The van der Waals surface area contributed by atoms with Crippen molar-refractivity contribution < 1.29 is 23.1 Å². The molecule has 1 heterocycles. The normalized spacial score (nSPS) is 12.8. The van der Waals surface area contributed by atoms with Gasteiger partial charge in [0.05, 0.1) is 16.7 Å². The van der Waals surface area contributed by atoms with E-state index in [0.29, 0.717) is 0 Å². The van der Waals surface area contributed by atoms with Crippen molar-refractivity contribution >= 4 is 28.6 Å². The van der Waals surface area contributed by atoms with E-state index in [0.717, 1.165) is 23.5 Å². The van der Waals surface area contributed by atoms with Crippen molar-refractivity contribution in [3.63, 3.8) is 0 Å². The van der Waals surface area contributed by atoms with Crippen molar-refractivity contribution in [1.29, 1.82) is 5.26 Å². The molecule has 0 saturated carbocycles. The Labute approximate surface area is 171 Å². The summed E-state index contributed by atoms with van der Waals surface area (Å²) in [4.78, 5) is 21.3. The van der Waals surface area contributed by atoms with Crippen LogP contribution in [0.2, 0.25) is 0 Å². The van der Waals surface area contributed by atoms with Gasteiger partial charge in [-0.3, -0.25) is 4.79 Å². The molecule has 29 heavy (non-hydrogen) atoms. The van der Waals surface area contributed by atoms with Crippen LogP contribution in [-0.2, 0) is 14.4 Å². The molecule has 0 amide bonds. The summed E-state index contributed by atoms with van der Waals surface area (Å²) in [6.45, 7) is 6.47. The van der Waals surface area contributed by atoms with E-state index < -0.39 is 23.0 Å². The molecular weight excluding hydrogens is 400 g/mol. The maximum atomic E-state index is 14.1. The second-order valence-corrected chi connectivity index (χ2v) is 7.81. The lowest BCUT2D eigenvalue weighted by Gasteiger charge is -2.18. The van der Waals surface area contributed by atoms with Gasteiger partial charge in [0, 0.05) is 5.38 Å². The van der Waals surface area contributed by atoms with Gasteiger partial charge in [-0.05, 0) is 39.8 Å². The standard InChI is InChI=1S/C20H19F2N3O3S/c1-11(25-27-5)17(28-19(26)20(2,3)4)12(9-23)18-24-15(10-29-18)16-13(21)7-6-8-14(16)22/h6-8,10H,1-5H3/b17-12-,25-11+. The Bertz CT molecular complexity index is 1010. The summed E-state index contributed by atoms with van der Waals surface area (Å²) < 4.78 is 33.5. The van der Waals surface area contributed by atoms with Crippen LogP contribution in [0.15, 0.2) is 34.5 Å². The molecule has 1 aromatic carbocycles. The van der Waals surface area contributed by atoms with Crippen LogP contribution in [0.4, 0.5) is 8.78 Å².